The van der Waals surface area contributed by atoms with Crippen LogP contribution >= 0.6 is 11.3 Å². The molecule has 0 bridgehead atoms. The second-order valence-electron chi connectivity index (χ2n) is 7.77. The summed E-state index contributed by atoms with van der Waals surface area (Å²) in [5, 5.41) is 2.76. The number of piperazine rings is 1. The van der Waals surface area contributed by atoms with E-state index in [0.29, 0.717) is 44.1 Å². The monoisotopic (exact) mass is 445 g/mol. The van der Waals surface area contributed by atoms with Gasteiger partial charge in [0.05, 0.1) is 17.1 Å². The van der Waals surface area contributed by atoms with E-state index in [1.807, 2.05) is 64.9 Å². The molecule has 162 valence electrons. The standard InChI is InChI=1S/C24H23N5O2S/c25-20-21(27-11-13-28(14-12-27)23(30)19-9-5-15-32-19)18-8-4-10-26-22(18)29(24(20)31)16-17-6-2-1-3-7-17/h1-10,15H,11-14,16,25H2. The Labute approximate surface area is 189 Å². The highest BCUT2D eigenvalue weighted by molar-refractivity contribution is 7.12. The summed E-state index contributed by atoms with van der Waals surface area (Å²) in [6.07, 6.45) is 1.70. The molecule has 1 aromatic carbocycles. The Hall–Kier alpha value is -3.65. The predicted octanol–water partition coefficient (Wildman–Crippen LogP) is 3.05. The number of aromatic nitrogens is 2. The molecule has 0 saturated carbocycles. The average Bonchev–Trinajstić information content (AvgIpc) is 3.38. The summed E-state index contributed by atoms with van der Waals surface area (Å²) in [5.74, 6) is 0.0532. The van der Waals surface area contributed by atoms with Crippen LogP contribution in [-0.4, -0.2) is 46.5 Å². The number of hydrogen-bond acceptors (Lipinski definition) is 6. The van der Waals surface area contributed by atoms with Gasteiger partial charge >= 0.3 is 0 Å². The predicted molar refractivity (Wildman–Crippen MR) is 128 cm³/mol. The Kier molecular flexibility index (Phi) is 5.36. The molecule has 1 amide bonds. The number of pyridine rings is 2. The first-order valence-electron chi connectivity index (χ1n) is 10.5. The van der Waals surface area contributed by atoms with Crippen molar-refractivity contribution in [3.05, 3.63) is 87.0 Å². The topological polar surface area (TPSA) is 84.5 Å². The van der Waals surface area contributed by atoms with Crippen molar-refractivity contribution in [3.63, 3.8) is 0 Å². The molecule has 1 saturated heterocycles. The molecule has 2 N–H and O–H groups in total. The van der Waals surface area contributed by atoms with Gasteiger partial charge in [0, 0.05) is 37.8 Å². The number of rotatable bonds is 4. The van der Waals surface area contributed by atoms with Crippen molar-refractivity contribution in [1.29, 1.82) is 0 Å². The SMILES string of the molecule is Nc1c(N2CCN(C(=O)c3cccs3)CC2)c2cccnc2n(Cc2ccccc2)c1=O. The first-order valence-corrected chi connectivity index (χ1v) is 11.4. The number of carbonyl (C=O) groups excluding carboxylic acids is 1. The van der Waals surface area contributed by atoms with Crippen molar-refractivity contribution in [2.75, 3.05) is 36.8 Å². The zero-order chi connectivity index (χ0) is 22.1. The molecule has 1 fully saturated rings. The van der Waals surface area contributed by atoms with Gasteiger partial charge in [0.1, 0.15) is 11.3 Å². The van der Waals surface area contributed by atoms with E-state index in [0.717, 1.165) is 15.8 Å². The average molecular weight is 446 g/mol. The Morgan fingerprint density at radius 1 is 1.00 bits per heavy atom. The number of hydrogen-bond donors (Lipinski definition) is 1. The van der Waals surface area contributed by atoms with Gasteiger partial charge in [-0.1, -0.05) is 36.4 Å². The van der Waals surface area contributed by atoms with Crippen molar-refractivity contribution in [1.82, 2.24) is 14.5 Å². The Morgan fingerprint density at radius 3 is 2.50 bits per heavy atom. The van der Waals surface area contributed by atoms with Gasteiger partial charge in [0.2, 0.25) is 0 Å². The molecule has 1 aliphatic heterocycles. The first kappa shape index (κ1) is 20.3. The molecule has 0 spiro atoms. The third-order valence-corrected chi connectivity index (χ3v) is 6.68. The normalized spacial score (nSPS) is 14.1. The van der Waals surface area contributed by atoms with Crippen LogP contribution in [0.1, 0.15) is 15.2 Å². The minimum Gasteiger partial charge on any atom is -0.393 e. The number of nitrogens with two attached hydrogens (primary N) is 1. The lowest BCUT2D eigenvalue weighted by molar-refractivity contribution is 0.0752. The summed E-state index contributed by atoms with van der Waals surface area (Å²) in [6.45, 7) is 2.76. The van der Waals surface area contributed by atoms with Crippen molar-refractivity contribution in [3.8, 4) is 0 Å². The molecule has 0 atom stereocenters. The first-order chi connectivity index (χ1) is 15.6. The molecule has 0 unspecified atom stereocenters. The van der Waals surface area contributed by atoms with E-state index in [9.17, 15) is 9.59 Å². The lowest BCUT2D eigenvalue weighted by atomic mass is 10.1. The zero-order valence-electron chi connectivity index (χ0n) is 17.5. The number of fused-ring (bicyclic) bond motifs is 1. The van der Waals surface area contributed by atoms with Crippen LogP contribution in [0.25, 0.3) is 11.0 Å². The second-order valence-corrected chi connectivity index (χ2v) is 8.72. The van der Waals surface area contributed by atoms with Crippen LogP contribution in [0.4, 0.5) is 11.4 Å². The smallest absolute Gasteiger partial charge is 0.277 e. The fraction of sp³-hybridized carbons (Fsp3) is 0.208. The fourth-order valence-corrected chi connectivity index (χ4v) is 4.92. The highest BCUT2D eigenvalue weighted by atomic mass is 32.1. The van der Waals surface area contributed by atoms with Crippen molar-refractivity contribution < 1.29 is 4.79 Å². The quantitative estimate of drug-likeness (QED) is 0.522. The molecule has 1 aliphatic rings. The molecule has 0 aliphatic carbocycles. The van der Waals surface area contributed by atoms with Crippen LogP contribution in [0.15, 0.2) is 71.0 Å². The molecule has 8 heteroatoms. The van der Waals surface area contributed by atoms with E-state index in [4.69, 9.17) is 5.73 Å². The lowest BCUT2D eigenvalue weighted by Crippen LogP contribution is -2.49. The summed E-state index contributed by atoms with van der Waals surface area (Å²) >= 11 is 1.45. The number of amides is 1. The van der Waals surface area contributed by atoms with Gasteiger partial charge in [-0.05, 0) is 29.1 Å². The van der Waals surface area contributed by atoms with E-state index < -0.39 is 0 Å². The molecule has 32 heavy (non-hydrogen) atoms. The molecule has 0 radical (unpaired) electrons. The lowest BCUT2D eigenvalue weighted by Gasteiger charge is -2.37. The van der Waals surface area contributed by atoms with Gasteiger partial charge in [-0.25, -0.2) is 4.98 Å². The van der Waals surface area contributed by atoms with Gasteiger partial charge in [-0.2, -0.15) is 0 Å². The number of carbonyl (C=O) groups is 1. The van der Waals surface area contributed by atoms with Crippen molar-refractivity contribution >= 4 is 39.7 Å². The maximum absolute atomic E-state index is 13.3. The van der Waals surface area contributed by atoms with Crippen LogP contribution in [0, 0.1) is 0 Å². The molecule has 4 heterocycles. The third kappa shape index (κ3) is 3.62. The van der Waals surface area contributed by atoms with Gasteiger partial charge in [-0.3, -0.25) is 14.2 Å². The van der Waals surface area contributed by atoms with E-state index in [-0.39, 0.29) is 17.2 Å². The van der Waals surface area contributed by atoms with E-state index in [2.05, 4.69) is 9.88 Å². The number of thiophene rings is 1. The van der Waals surface area contributed by atoms with Gasteiger partial charge in [0.25, 0.3) is 11.5 Å². The summed E-state index contributed by atoms with van der Waals surface area (Å²) < 4.78 is 1.64. The molecular weight excluding hydrogens is 422 g/mol. The Bertz CT molecular complexity index is 1310. The largest absolute Gasteiger partial charge is 0.393 e. The van der Waals surface area contributed by atoms with Crippen LogP contribution < -0.4 is 16.2 Å². The molecule has 3 aromatic heterocycles. The minimum atomic E-state index is -0.243. The van der Waals surface area contributed by atoms with Gasteiger partial charge in [-0.15, -0.1) is 11.3 Å². The molecule has 7 nitrogen and oxygen atoms in total. The van der Waals surface area contributed by atoms with E-state index in [1.165, 1.54) is 11.3 Å². The molecule has 4 aromatic rings. The Morgan fingerprint density at radius 2 is 1.78 bits per heavy atom. The summed E-state index contributed by atoms with van der Waals surface area (Å²) in [7, 11) is 0. The zero-order valence-corrected chi connectivity index (χ0v) is 18.3. The van der Waals surface area contributed by atoms with Gasteiger partial charge in [0.15, 0.2) is 0 Å². The number of nitrogens with zero attached hydrogens (tertiary/aromatic N) is 4. The Balaban J connectivity index is 1.48. The van der Waals surface area contributed by atoms with Crippen LogP contribution in [-0.2, 0) is 6.54 Å². The molecular formula is C24H23N5O2S. The van der Waals surface area contributed by atoms with Crippen molar-refractivity contribution in [2.45, 2.75) is 6.54 Å². The number of anilines is 2. The summed E-state index contributed by atoms with van der Waals surface area (Å²) in [6, 6.07) is 17.4. The highest BCUT2D eigenvalue weighted by Crippen LogP contribution is 2.31. The third-order valence-electron chi connectivity index (χ3n) is 5.83. The van der Waals surface area contributed by atoms with E-state index in [1.54, 1.807) is 10.8 Å². The van der Waals surface area contributed by atoms with Gasteiger partial charge < -0.3 is 15.5 Å². The summed E-state index contributed by atoms with van der Waals surface area (Å²) in [5.41, 5.74) is 8.74. The summed E-state index contributed by atoms with van der Waals surface area (Å²) in [4.78, 5) is 35.2. The van der Waals surface area contributed by atoms with Crippen LogP contribution in [0.2, 0.25) is 0 Å². The number of nitrogen functional groups attached to an aromatic ring is 1. The minimum absolute atomic E-state index is 0.0532. The number of benzene rings is 1. The van der Waals surface area contributed by atoms with Crippen molar-refractivity contribution in [2.24, 2.45) is 0 Å². The maximum atomic E-state index is 13.3. The maximum Gasteiger partial charge on any atom is 0.277 e. The van der Waals surface area contributed by atoms with E-state index >= 15 is 0 Å². The fourth-order valence-electron chi connectivity index (χ4n) is 4.23. The van der Waals surface area contributed by atoms with Crippen LogP contribution in [0.3, 0.4) is 0 Å². The second kappa shape index (κ2) is 8.47. The van der Waals surface area contributed by atoms with Crippen LogP contribution in [0.5, 0.6) is 0 Å². The highest BCUT2D eigenvalue weighted by Gasteiger charge is 2.26. The molecule has 5 rings (SSSR count).